The number of benzene rings is 1. The number of anilines is 3. The van der Waals surface area contributed by atoms with Crippen LogP contribution in [-0.4, -0.2) is 15.9 Å². The predicted molar refractivity (Wildman–Crippen MR) is 93.5 cm³/mol. The van der Waals surface area contributed by atoms with Gasteiger partial charge in [0.15, 0.2) is 5.13 Å². The Morgan fingerprint density at radius 3 is 2.61 bits per heavy atom. The third-order valence-electron chi connectivity index (χ3n) is 3.12. The number of carbonyl (C=O) groups is 1. The highest BCUT2D eigenvalue weighted by Gasteiger charge is 2.11. The maximum atomic E-state index is 12.3. The lowest BCUT2D eigenvalue weighted by atomic mass is 10.1. The Bertz CT molecular complexity index is 809. The van der Waals surface area contributed by atoms with Gasteiger partial charge in [0.2, 0.25) is 0 Å². The van der Waals surface area contributed by atoms with Gasteiger partial charge in [-0.2, -0.15) is 0 Å². The van der Waals surface area contributed by atoms with Gasteiger partial charge in [-0.3, -0.25) is 4.79 Å². The molecule has 0 saturated carbocycles. The van der Waals surface area contributed by atoms with E-state index in [0.717, 1.165) is 16.8 Å². The van der Waals surface area contributed by atoms with E-state index in [1.807, 2.05) is 44.2 Å². The summed E-state index contributed by atoms with van der Waals surface area (Å²) in [5, 5.41) is 8.32. The van der Waals surface area contributed by atoms with Gasteiger partial charge in [0.25, 0.3) is 5.91 Å². The van der Waals surface area contributed by atoms with E-state index >= 15 is 0 Å². The Morgan fingerprint density at radius 2 is 1.91 bits per heavy atom. The van der Waals surface area contributed by atoms with Crippen LogP contribution in [-0.2, 0) is 0 Å². The predicted octanol–water partition coefficient (Wildman–Crippen LogP) is 4.15. The van der Waals surface area contributed by atoms with E-state index in [2.05, 4.69) is 26.7 Å². The van der Waals surface area contributed by atoms with Crippen LogP contribution in [0.4, 0.5) is 16.6 Å². The minimum absolute atomic E-state index is 0.222. The molecule has 2 aromatic heterocycles. The van der Waals surface area contributed by atoms with E-state index in [9.17, 15) is 4.79 Å². The number of aromatic nitrogens is 2. The van der Waals surface area contributed by atoms with Gasteiger partial charge >= 0.3 is 0 Å². The minimum atomic E-state index is -0.222. The third-order valence-corrected chi connectivity index (χ3v) is 3.87. The van der Waals surface area contributed by atoms with E-state index in [-0.39, 0.29) is 5.91 Å². The second-order valence-corrected chi connectivity index (χ2v) is 6.07. The minimum Gasteiger partial charge on any atom is -0.321 e. The first-order chi connectivity index (χ1) is 11.1. The summed E-state index contributed by atoms with van der Waals surface area (Å²) in [5.41, 5.74) is 3.37. The van der Waals surface area contributed by atoms with Crippen molar-refractivity contribution >= 4 is 33.9 Å². The topological polar surface area (TPSA) is 66.9 Å². The second-order valence-electron chi connectivity index (χ2n) is 5.21. The molecule has 1 aromatic carbocycles. The Morgan fingerprint density at radius 1 is 1.13 bits per heavy atom. The van der Waals surface area contributed by atoms with Crippen molar-refractivity contribution in [3.8, 4) is 0 Å². The average Bonchev–Trinajstić information content (AvgIpc) is 2.96. The third kappa shape index (κ3) is 3.92. The lowest BCUT2D eigenvalue weighted by Gasteiger charge is -2.06. The van der Waals surface area contributed by atoms with Crippen molar-refractivity contribution in [1.82, 2.24) is 9.97 Å². The summed E-state index contributed by atoms with van der Waals surface area (Å²) in [5.74, 6) is 0.475. The van der Waals surface area contributed by atoms with Gasteiger partial charge in [0, 0.05) is 17.3 Å². The van der Waals surface area contributed by atoms with E-state index in [0.29, 0.717) is 16.6 Å². The fourth-order valence-electron chi connectivity index (χ4n) is 2.22. The molecule has 0 atom stereocenters. The monoisotopic (exact) mass is 324 g/mol. The molecule has 6 heteroatoms. The molecule has 0 radical (unpaired) electrons. The summed E-state index contributed by atoms with van der Waals surface area (Å²) in [6.07, 6.45) is 1.70. The average molecular weight is 324 g/mol. The van der Waals surface area contributed by atoms with Crippen molar-refractivity contribution in [2.45, 2.75) is 13.8 Å². The van der Waals surface area contributed by atoms with Crippen molar-refractivity contribution in [2.75, 3.05) is 10.6 Å². The number of nitrogens with zero attached hydrogens (tertiary/aromatic N) is 2. The van der Waals surface area contributed by atoms with Crippen molar-refractivity contribution in [1.29, 1.82) is 0 Å². The molecule has 23 heavy (non-hydrogen) atoms. The normalized spacial score (nSPS) is 10.3. The Balaban J connectivity index is 1.71. The number of pyridine rings is 1. The smallest absolute Gasteiger partial charge is 0.275 e. The highest BCUT2D eigenvalue weighted by Crippen LogP contribution is 2.21. The molecular weight excluding hydrogens is 308 g/mol. The number of hydrogen-bond donors (Lipinski definition) is 2. The number of amides is 1. The first-order valence-corrected chi connectivity index (χ1v) is 8.01. The molecule has 0 aliphatic rings. The molecule has 1 amide bonds. The zero-order valence-corrected chi connectivity index (χ0v) is 13.6. The van der Waals surface area contributed by atoms with Crippen LogP contribution in [0.2, 0.25) is 0 Å². The summed E-state index contributed by atoms with van der Waals surface area (Å²) in [7, 11) is 0. The number of carbonyl (C=O) groups excluding carboxylic acids is 1. The van der Waals surface area contributed by atoms with E-state index in [1.54, 1.807) is 11.6 Å². The zero-order valence-electron chi connectivity index (χ0n) is 12.8. The van der Waals surface area contributed by atoms with Crippen molar-refractivity contribution < 1.29 is 4.79 Å². The van der Waals surface area contributed by atoms with Crippen LogP contribution in [0.15, 0.2) is 48.0 Å². The number of thiazole rings is 1. The maximum Gasteiger partial charge on any atom is 0.275 e. The van der Waals surface area contributed by atoms with Crippen LogP contribution in [0.5, 0.6) is 0 Å². The standard InChI is InChI=1S/C17H16N4OS/c1-11-7-12(2)9-13(8-11)19-16(22)14-10-23-17(20-14)21-15-5-3-4-6-18-15/h3-10H,1-2H3,(H,19,22)(H,18,20,21). The van der Waals surface area contributed by atoms with Crippen LogP contribution in [0.1, 0.15) is 21.6 Å². The molecule has 3 rings (SSSR count). The zero-order chi connectivity index (χ0) is 16.2. The lowest BCUT2D eigenvalue weighted by molar-refractivity contribution is 0.102. The molecule has 116 valence electrons. The molecule has 0 fully saturated rings. The molecule has 0 saturated heterocycles. The first-order valence-electron chi connectivity index (χ1n) is 7.13. The molecule has 3 aromatic rings. The van der Waals surface area contributed by atoms with Gasteiger partial charge in [-0.25, -0.2) is 9.97 Å². The molecular formula is C17H16N4OS. The first kappa shape index (κ1) is 15.2. The Labute approximate surface area is 138 Å². The van der Waals surface area contributed by atoms with Gasteiger partial charge in [-0.1, -0.05) is 12.1 Å². The summed E-state index contributed by atoms with van der Waals surface area (Å²) < 4.78 is 0. The van der Waals surface area contributed by atoms with Crippen LogP contribution in [0.25, 0.3) is 0 Å². The van der Waals surface area contributed by atoms with E-state index in [1.165, 1.54) is 11.3 Å². The molecule has 5 nitrogen and oxygen atoms in total. The number of rotatable bonds is 4. The fraction of sp³-hybridized carbons (Fsp3) is 0.118. The van der Waals surface area contributed by atoms with Crippen molar-refractivity contribution in [3.05, 3.63) is 64.8 Å². The van der Waals surface area contributed by atoms with Gasteiger partial charge < -0.3 is 10.6 Å². The van der Waals surface area contributed by atoms with Gasteiger partial charge in [-0.15, -0.1) is 11.3 Å². The van der Waals surface area contributed by atoms with E-state index in [4.69, 9.17) is 0 Å². The summed E-state index contributed by atoms with van der Waals surface area (Å²) in [6, 6.07) is 11.5. The van der Waals surface area contributed by atoms with Crippen LogP contribution >= 0.6 is 11.3 Å². The SMILES string of the molecule is Cc1cc(C)cc(NC(=O)c2csc(Nc3ccccn3)n2)c1. The van der Waals surface area contributed by atoms with Gasteiger partial charge in [-0.05, 0) is 49.2 Å². The Hall–Kier alpha value is -2.73. The highest BCUT2D eigenvalue weighted by molar-refractivity contribution is 7.14. The number of hydrogen-bond acceptors (Lipinski definition) is 5. The Kier molecular flexibility index (Phi) is 4.34. The van der Waals surface area contributed by atoms with Gasteiger partial charge in [0.05, 0.1) is 0 Å². The van der Waals surface area contributed by atoms with Crippen molar-refractivity contribution in [2.24, 2.45) is 0 Å². The lowest BCUT2D eigenvalue weighted by Crippen LogP contribution is -2.12. The quantitative estimate of drug-likeness (QED) is 0.756. The second kappa shape index (κ2) is 6.58. The number of aryl methyl sites for hydroxylation is 2. The van der Waals surface area contributed by atoms with Crippen LogP contribution in [0.3, 0.4) is 0 Å². The fourth-order valence-corrected chi connectivity index (χ4v) is 2.92. The molecule has 0 spiro atoms. The molecule has 0 unspecified atom stereocenters. The molecule has 0 aliphatic carbocycles. The largest absolute Gasteiger partial charge is 0.321 e. The molecule has 2 heterocycles. The molecule has 2 N–H and O–H groups in total. The summed E-state index contributed by atoms with van der Waals surface area (Å²) in [6.45, 7) is 4.00. The maximum absolute atomic E-state index is 12.3. The van der Waals surface area contributed by atoms with Crippen molar-refractivity contribution in [3.63, 3.8) is 0 Å². The van der Waals surface area contributed by atoms with Crippen LogP contribution in [0, 0.1) is 13.8 Å². The molecule has 0 bridgehead atoms. The summed E-state index contributed by atoms with van der Waals surface area (Å²) >= 11 is 1.37. The molecule has 0 aliphatic heterocycles. The van der Waals surface area contributed by atoms with Crippen LogP contribution < -0.4 is 10.6 Å². The highest BCUT2D eigenvalue weighted by atomic mass is 32.1. The van der Waals surface area contributed by atoms with Gasteiger partial charge in [0.1, 0.15) is 11.5 Å². The summed E-state index contributed by atoms with van der Waals surface area (Å²) in [4.78, 5) is 20.8. The number of nitrogens with one attached hydrogen (secondary N) is 2. The van der Waals surface area contributed by atoms with E-state index < -0.39 is 0 Å².